The predicted molar refractivity (Wildman–Crippen MR) is 113 cm³/mol. The van der Waals surface area contributed by atoms with E-state index in [-0.39, 0.29) is 35.4 Å². The van der Waals surface area contributed by atoms with Gasteiger partial charge in [0, 0.05) is 10.9 Å². The Hall–Kier alpha value is -3.32. The molecular weight excluding hydrogens is 384 g/mol. The topological polar surface area (TPSA) is 98.5 Å². The number of esters is 1. The molecule has 2 aromatic carbocycles. The monoisotopic (exact) mass is 408 g/mol. The number of hydrogen-bond donors (Lipinski definition) is 1. The number of aliphatic hydroxyl groups is 1. The van der Waals surface area contributed by atoms with Crippen LogP contribution in [-0.4, -0.2) is 39.9 Å². The van der Waals surface area contributed by atoms with Crippen LogP contribution in [0.25, 0.3) is 10.8 Å². The molecule has 0 radical (unpaired) electrons. The van der Waals surface area contributed by atoms with E-state index in [1.807, 2.05) is 12.1 Å². The Labute approximate surface area is 173 Å². The predicted octanol–water partition coefficient (Wildman–Crippen LogP) is 2.73. The summed E-state index contributed by atoms with van der Waals surface area (Å²) in [6.07, 6.45) is 0. The first kappa shape index (κ1) is 21.4. The first-order chi connectivity index (χ1) is 14.2. The average Bonchev–Trinajstić information content (AvgIpc) is 2.73. The van der Waals surface area contributed by atoms with E-state index in [9.17, 15) is 14.4 Å². The maximum absolute atomic E-state index is 12.6. The SMILES string of the molecule is CC(C)(C)c1ccc(C(=O)COC(=O)c2nn(CCO)c(=O)c3ccccc23)cc1. The molecule has 30 heavy (non-hydrogen) atoms. The molecule has 7 heteroatoms. The number of benzene rings is 2. The van der Waals surface area contributed by atoms with Crippen molar-refractivity contribution in [1.82, 2.24) is 9.78 Å². The van der Waals surface area contributed by atoms with Gasteiger partial charge in [-0.05, 0) is 17.0 Å². The number of ketones is 1. The highest BCUT2D eigenvalue weighted by molar-refractivity contribution is 6.04. The molecule has 156 valence electrons. The molecule has 0 saturated carbocycles. The van der Waals surface area contributed by atoms with Crippen molar-refractivity contribution in [3.05, 3.63) is 75.7 Å². The number of ether oxygens (including phenoxy) is 1. The highest BCUT2D eigenvalue weighted by Gasteiger charge is 2.20. The number of hydrogen-bond acceptors (Lipinski definition) is 6. The van der Waals surface area contributed by atoms with Crippen LogP contribution in [0.4, 0.5) is 0 Å². The van der Waals surface area contributed by atoms with Crippen molar-refractivity contribution in [3.8, 4) is 0 Å². The fourth-order valence-corrected chi connectivity index (χ4v) is 3.07. The highest BCUT2D eigenvalue weighted by atomic mass is 16.5. The molecule has 0 aliphatic rings. The Morgan fingerprint density at radius 3 is 2.27 bits per heavy atom. The number of Topliss-reactive ketones (excluding diaryl/α,β-unsaturated/α-hetero) is 1. The van der Waals surface area contributed by atoms with E-state index in [4.69, 9.17) is 9.84 Å². The Kier molecular flexibility index (Phi) is 6.12. The summed E-state index contributed by atoms with van der Waals surface area (Å²) in [6, 6.07) is 13.7. The van der Waals surface area contributed by atoms with Gasteiger partial charge >= 0.3 is 5.97 Å². The van der Waals surface area contributed by atoms with Gasteiger partial charge in [0.05, 0.1) is 18.5 Å². The summed E-state index contributed by atoms with van der Waals surface area (Å²) in [4.78, 5) is 37.5. The number of rotatable bonds is 6. The largest absolute Gasteiger partial charge is 0.452 e. The van der Waals surface area contributed by atoms with Crippen molar-refractivity contribution in [1.29, 1.82) is 0 Å². The summed E-state index contributed by atoms with van der Waals surface area (Å²) in [5, 5.41) is 13.8. The van der Waals surface area contributed by atoms with E-state index in [0.717, 1.165) is 10.2 Å². The Bertz CT molecular complexity index is 1140. The van der Waals surface area contributed by atoms with Gasteiger partial charge in [0.25, 0.3) is 5.56 Å². The molecule has 0 unspecified atom stereocenters. The van der Waals surface area contributed by atoms with Crippen LogP contribution in [0.2, 0.25) is 0 Å². The van der Waals surface area contributed by atoms with Crippen molar-refractivity contribution >= 4 is 22.5 Å². The minimum Gasteiger partial charge on any atom is -0.452 e. The quantitative estimate of drug-likeness (QED) is 0.497. The number of fused-ring (bicyclic) bond motifs is 1. The van der Waals surface area contributed by atoms with Gasteiger partial charge < -0.3 is 9.84 Å². The van der Waals surface area contributed by atoms with Gasteiger partial charge in [-0.15, -0.1) is 0 Å². The second kappa shape index (κ2) is 8.59. The van der Waals surface area contributed by atoms with Crippen molar-refractivity contribution < 1.29 is 19.4 Å². The molecule has 0 aliphatic carbocycles. The van der Waals surface area contributed by atoms with E-state index in [1.54, 1.807) is 36.4 Å². The third-order valence-electron chi connectivity index (χ3n) is 4.78. The molecular formula is C23H24N2O5. The average molecular weight is 408 g/mol. The smallest absolute Gasteiger partial charge is 0.359 e. The molecule has 0 aliphatic heterocycles. The van der Waals surface area contributed by atoms with Crippen LogP contribution in [0.5, 0.6) is 0 Å². The zero-order chi connectivity index (χ0) is 21.9. The normalized spacial score (nSPS) is 11.5. The van der Waals surface area contributed by atoms with Gasteiger partial charge in [0.1, 0.15) is 0 Å². The molecule has 1 aromatic heterocycles. The first-order valence-electron chi connectivity index (χ1n) is 9.64. The van der Waals surface area contributed by atoms with Gasteiger partial charge in [-0.2, -0.15) is 5.10 Å². The molecule has 0 amide bonds. The molecule has 0 spiro atoms. The number of nitrogens with zero attached hydrogens (tertiary/aromatic N) is 2. The Morgan fingerprint density at radius 2 is 1.67 bits per heavy atom. The standard InChI is InChI=1S/C23H24N2O5/c1-23(2,3)16-10-8-15(9-11-16)19(27)14-30-22(29)20-17-6-4-5-7-18(17)21(28)25(24-20)12-13-26/h4-11,26H,12-14H2,1-3H3. The Balaban J connectivity index is 1.81. The molecule has 0 fully saturated rings. The summed E-state index contributed by atoms with van der Waals surface area (Å²) in [5.41, 5.74) is 1.02. The number of carbonyl (C=O) groups excluding carboxylic acids is 2. The second-order valence-corrected chi connectivity index (χ2v) is 7.97. The summed E-state index contributed by atoms with van der Waals surface area (Å²) in [6.45, 7) is 5.45. The van der Waals surface area contributed by atoms with Gasteiger partial charge in [-0.3, -0.25) is 9.59 Å². The lowest BCUT2D eigenvalue weighted by atomic mass is 9.86. The summed E-state index contributed by atoms with van der Waals surface area (Å²) in [7, 11) is 0. The number of aromatic nitrogens is 2. The lowest BCUT2D eigenvalue weighted by Crippen LogP contribution is -2.28. The molecule has 0 atom stereocenters. The molecule has 1 heterocycles. The van der Waals surface area contributed by atoms with Gasteiger partial charge in [-0.1, -0.05) is 63.2 Å². The van der Waals surface area contributed by atoms with Crippen LogP contribution in [0, 0.1) is 0 Å². The van der Waals surface area contributed by atoms with Crippen LogP contribution in [-0.2, 0) is 16.7 Å². The number of aliphatic hydroxyl groups excluding tert-OH is 1. The molecule has 0 saturated heterocycles. The van der Waals surface area contributed by atoms with E-state index in [0.29, 0.717) is 10.9 Å². The Morgan fingerprint density at radius 1 is 1.03 bits per heavy atom. The third kappa shape index (κ3) is 4.46. The van der Waals surface area contributed by atoms with Gasteiger partial charge in [0.15, 0.2) is 18.1 Å². The van der Waals surface area contributed by atoms with E-state index in [2.05, 4.69) is 25.9 Å². The lowest BCUT2D eigenvalue weighted by Gasteiger charge is -2.18. The van der Waals surface area contributed by atoms with Crippen LogP contribution < -0.4 is 5.56 Å². The minimum atomic E-state index is -0.808. The molecule has 3 aromatic rings. The molecule has 7 nitrogen and oxygen atoms in total. The maximum Gasteiger partial charge on any atom is 0.359 e. The van der Waals surface area contributed by atoms with Gasteiger partial charge in [0.2, 0.25) is 0 Å². The number of carbonyl (C=O) groups is 2. The highest BCUT2D eigenvalue weighted by Crippen LogP contribution is 2.22. The zero-order valence-electron chi connectivity index (χ0n) is 17.2. The lowest BCUT2D eigenvalue weighted by molar-refractivity contribution is 0.0468. The molecule has 1 N–H and O–H groups in total. The van der Waals surface area contributed by atoms with E-state index in [1.165, 1.54) is 0 Å². The fourth-order valence-electron chi connectivity index (χ4n) is 3.07. The minimum absolute atomic E-state index is 0.0293. The third-order valence-corrected chi connectivity index (χ3v) is 4.78. The van der Waals surface area contributed by atoms with Crippen molar-refractivity contribution in [2.45, 2.75) is 32.7 Å². The van der Waals surface area contributed by atoms with E-state index < -0.39 is 18.1 Å². The van der Waals surface area contributed by atoms with Crippen LogP contribution in [0.1, 0.15) is 47.2 Å². The van der Waals surface area contributed by atoms with Crippen LogP contribution in [0.3, 0.4) is 0 Å². The first-order valence-corrected chi connectivity index (χ1v) is 9.64. The van der Waals surface area contributed by atoms with Crippen molar-refractivity contribution in [2.75, 3.05) is 13.2 Å². The molecule has 3 rings (SSSR count). The van der Waals surface area contributed by atoms with Crippen molar-refractivity contribution in [2.24, 2.45) is 0 Å². The fraction of sp³-hybridized carbons (Fsp3) is 0.304. The van der Waals surface area contributed by atoms with Gasteiger partial charge in [-0.25, -0.2) is 9.48 Å². The summed E-state index contributed by atoms with van der Waals surface area (Å²) < 4.78 is 6.21. The van der Waals surface area contributed by atoms with Crippen LogP contribution in [0.15, 0.2) is 53.3 Å². The van der Waals surface area contributed by atoms with Crippen molar-refractivity contribution in [3.63, 3.8) is 0 Å². The van der Waals surface area contributed by atoms with E-state index >= 15 is 0 Å². The maximum atomic E-state index is 12.6. The molecule has 0 bridgehead atoms. The summed E-state index contributed by atoms with van der Waals surface area (Å²) >= 11 is 0. The zero-order valence-corrected chi connectivity index (χ0v) is 17.2. The summed E-state index contributed by atoms with van der Waals surface area (Å²) in [5.74, 6) is -1.14. The second-order valence-electron chi connectivity index (χ2n) is 7.97. The van der Waals surface area contributed by atoms with Crippen LogP contribution >= 0.6 is 0 Å².